The molecule has 0 atom stereocenters. The lowest BCUT2D eigenvalue weighted by Crippen LogP contribution is -2.26. The number of carboxylic acids is 1. The Balaban J connectivity index is 1.53. The summed E-state index contributed by atoms with van der Waals surface area (Å²) in [5.74, 6) is -1.07. The second-order valence-corrected chi connectivity index (χ2v) is 8.18. The maximum Gasteiger partial charge on any atom is 0.303 e. The lowest BCUT2D eigenvalue weighted by atomic mass is 9.94. The highest BCUT2D eigenvalue weighted by Gasteiger charge is 2.22. The topological polar surface area (TPSA) is 72.8 Å². The van der Waals surface area contributed by atoms with Crippen LogP contribution in [0.5, 0.6) is 5.75 Å². The Morgan fingerprint density at radius 3 is 2.56 bits per heavy atom. The zero-order chi connectivity index (χ0) is 22.7. The van der Waals surface area contributed by atoms with E-state index in [1.165, 1.54) is 22.9 Å². The Morgan fingerprint density at radius 1 is 1.09 bits per heavy atom. The maximum atomic E-state index is 14.3. The molecule has 1 aliphatic rings. The fourth-order valence-corrected chi connectivity index (χ4v) is 4.30. The lowest BCUT2D eigenvalue weighted by molar-refractivity contribution is -0.136. The summed E-state index contributed by atoms with van der Waals surface area (Å²) in [6, 6.07) is 16.4. The number of benzene rings is 3. The van der Waals surface area contributed by atoms with Gasteiger partial charge in [-0.1, -0.05) is 18.2 Å². The third-order valence-corrected chi connectivity index (χ3v) is 6.03. The number of nitrogens with zero attached hydrogens (tertiary/aromatic N) is 1. The molecule has 0 aliphatic carbocycles. The molecule has 3 aromatic rings. The van der Waals surface area contributed by atoms with Crippen molar-refractivity contribution in [1.82, 2.24) is 0 Å². The van der Waals surface area contributed by atoms with E-state index in [9.17, 15) is 14.3 Å². The third kappa shape index (κ3) is 4.69. The molecule has 0 fully saturated rings. The molecule has 0 saturated heterocycles. The highest BCUT2D eigenvalue weighted by atomic mass is 19.1. The predicted molar refractivity (Wildman–Crippen MR) is 124 cm³/mol. The summed E-state index contributed by atoms with van der Waals surface area (Å²) in [6.45, 7) is 3.58. The molecule has 6 heteroatoms. The number of phenolic OH excluding ortho intramolecular Hbond substituents is 1. The van der Waals surface area contributed by atoms with Crippen molar-refractivity contribution in [3.63, 3.8) is 0 Å². The Morgan fingerprint density at radius 2 is 1.84 bits per heavy atom. The minimum atomic E-state index is -0.934. The molecule has 32 heavy (non-hydrogen) atoms. The number of hydrogen-bond donors (Lipinski definition) is 3. The summed E-state index contributed by atoms with van der Waals surface area (Å²) in [5.41, 5.74) is 6.94. The number of fused-ring (bicyclic) bond motifs is 1. The summed E-state index contributed by atoms with van der Waals surface area (Å²) in [6.07, 6.45) is 2.19. The lowest BCUT2D eigenvalue weighted by Gasteiger charge is -2.34. The highest BCUT2D eigenvalue weighted by molar-refractivity contribution is 5.73. The zero-order valence-electron chi connectivity index (χ0n) is 18.1. The third-order valence-electron chi connectivity index (χ3n) is 6.03. The molecule has 0 saturated carbocycles. The average molecular weight is 435 g/mol. The number of carboxylic acid groups (broad SMARTS) is 1. The standard InChI is InChI=1S/C26H27FN2O3/c1-17-20(16-28-21-8-6-18(24(27)15-21)7-13-25(31)32)5-4-19-3-2-14-29(26(17)19)22-9-11-23(30)12-10-22/h4-6,8-12,15,28,30H,2-3,7,13-14,16H2,1H3,(H,31,32). The Bertz CT molecular complexity index is 1130. The number of anilines is 3. The van der Waals surface area contributed by atoms with Gasteiger partial charge >= 0.3 is 5.97 Å². The summed E-state index contributed by atoms with van der Waals surface area (Å²) >= 11 is 0. The molecule has 4 rings (SSSR count). The van der Waals surface area contributed by atoms with Crippen LogP contribution in [0.25, 0.3) is 0 Å². The number of aliphatic carboxylic acids is 1. The second kappa shape index (κ2) is 9.30. The minimum Gasteiger partial charge on any atom is -0.508 e. The van der Waals surface area contributed by atoms with E-state index in [0.717, 1.165) is 30.6 Å². The molecular weight excluding hydrogens is 407 g/mol. The van der Waals surface area contributed by atoms with Gasteiger partial charge in [-0.05, 0) is 84.8 Å². The van der Waals surface area contributed by atoms with E-state index in [1.807, 2.05) is 12.1 Å². The van der Waals surface area contributed by atoms with E-state index in [-0.39, 0.29) is 18.6 Å². The first-order chi connectivity index (χ1) is 15.4. The molecule has 5 nitrogen and oxygen atoms in total. The van der Waals surface area contributed by atoms with Crippen molar-refractivity contribution in [1.29, 1.82) is 0 Å². The number of nitrogens with one attached hydrogen (secondary N) is 1. The molecule has 3 aromatic carbocycles. The summed E-state index contributed by atoms with van der Waals surface area (Å²) in [4.78, 5) is 13.0. The Kier molecular flexibility index (Phi) is 6.30. The summed E-state index contributed by atoms with van der Waals surface area (Å²) in [7, 11) is 0. The van der Waals surface area contributed by atoms with Gasteiger partial charge in [-0.2, -0.15) is 0 Å². The first-order valence-corrected chi connectivity index (χ1v) is 10.8. The SMILES string of the molecule is Cc1c(CNc2ccc(CCC(=O)O)c(F)c2)ccc2c1N(c1ccc(O)cc1)CCC2. The summed E-state index contributed by atoms with van der Waals surface area (Å²) < 4.78 is 14.3. The molecular formula is C26H27FN2O3. The van der Waals surface area contributed by atoms with E-state index in [4.69, 9.17) is 5.11 Å². The zero-order valence-corrected chi connectivity index (χ0v) is 18.1. The molecule has 0 bridgehead atoms. The Hall–Kier alpha value is -3.54. The molecule has 0 amide bonds. The van der Waals surface area contributed by atoms with Crippen LogP contribution in [0.4, 0.5) is 21.5 Å². The van der Waals surface area contributed by atoms with Gasteiger partial charge in [0.15, 0.2) is 0 Å². The fourth-order valence-electron chi connectivity index (χ4n) is 4.30. The van der Waals surface area contributed by atoms with E-state index in [2.05, 4.69) is 29.3 Å². The number of aromatic hydroxyl groups is 1. The molecule has 0 aromatic heterocycles. The smallest absolute Gasteiger partial charge is 0.303 e. The molecule has 3 N–H and O–H groups in total. The van der Waals surface area contributed by atoms with Gasteiger partial charge in [0.2, 0.25) is 0 Å². The van der Waals surface area contributed by atoms with Gasteiger partial charge < -0.3 is 20.4 Å². The van der Waals surface area contributed by atoms with Gasteiger partial charge in [0.1, 0.15) is 11.6 Å². The van der Waals surface area contributed by atoms with E-state index >= 15 is 0 Å². The highest BCUT2D eigenvalue weighted by Crippen LogP contribution is 2.38. The van der Waals surface area contributed by atoms with Gasteiger partial charge in [0.25, 0.3) is 0 Å². The molecule has 0 spiro atoms. The quantitative estimate of drug-likeness (QED) is 0.454. The van der Waals surface area contributed by atoms with E-state index < -0.39 is 11.8 Å². The van der Waals surface area contributed by atoms with Crippen molar-refractivity contribution in [3.05, 3.63) is 82.7 Å². The van der Waals surface area contributed by atoms with E-state index in [0.29, 0.717) is 17.8 Å². The fraction of sp³-hybridized carbons (Fsp3) is 0.269. The molecule has 1 heterocycles. The Labute approximate surface area is 187 Å². The van der Waals surface area contributed by atoms with Gasteiger partial charge in [0, 0.05) is 36.6 Å². The number of halogens is 1. The average Bonchev–Trinajstić information content (AvgIpc) is 2.78. The van der Waals surface area contributed by atoms with Gasteiger partial charge in [0.05, 0.1) is 0 Å². The van der Waals surface area contributed by atoms with Gasteiger partial charge in [-0.15, -0.1) is 0 Å². The van der Waals surface area contributed by atoms with Crippen LogP contribution in [-0.2, 0) is 24.2 Å². The van der Waals surface area contributed by atoms with Crippen LogP contribution in [0, 0.1) is 12.7 Å². The van der Waals surface area contributed by atoms with Gasteiger partial charge in [-0.3, -0.25) is 4.79 Å². The van der Waals surface area contributed by atoms with Crippen molar-refractivity contribution < 1.29 is 19.4 Å². The summed E-state index contributed by atoms with van der Waals surface area (Å²) in [5, 5.41) is 21.7. The monoisotopic (exact) mass is 434 g/mol. The number of rotatable bonds is 7. The van der Waals surface area contributed by atoms with Crippen LogP contribution in [-0.4, -0.2) is 22.7 Å². The minimum absolute atomic E-state index is 0.0878. The van der Waals surface area contributed by atoms with Crippen molar-refractivity contribution in [2.24, 2.45) is 0 Å². The van der Waals surface area contributed by atoms with Crippen LogP contribution >= 0.6 is 0 Å². The normalized spacial score (nSPS) is 13.0. The van der Waals surface area contributed by atoms with Crippen LogP contribution in [0.1, 0.15) is 35.1 Å². The van der Waals surface area contributed by atoms with Crippen LogP contribution < -0.4 is 10.2 Å². The maximum absolute atomic E-state index is 14.3. The number of carbonyl (C=O) groups is 1. The van der Waals surface area contributed by atoms with E-state index in [1.54, 1.807) is 24.3 Å². The van der Waals surface area contributed by atoms with Crippen LogP contribution in [0.15, 0.2) is 54.6 Å². The van der Waals surface area contributed by atoms with Crippen molar-refractivity contribution >= 4 is 23.0 Å². The number of phenols is 1. The molecule has 0 radical (unpaired) electrons. The number of aryl methyl sites for hydroxylation is 2. The van der Waals surface area contributed by atoms with Crippen molar-refractivity contribution in [2.45, 2.75) is 39.2 Å². The van der Waals surface area contributed by atoms with Crippen molar-refractivity contribution in [3.8, 4) is 5.75 Å². The molecule has 166 valence electrons. The molecule has 0 unspecified atom stereocenters. The van der Waals surface area contributed by atoms with Gasteiger partial charge in [-0.25, -0.2) is 4.39 Å². The second-order valence-electron chi connectivity index (χ2n) is 8.18. The predicted octanol–water partition coefficient (Wildman–Crippen LogP) is 5.55. The van der Waals surface area contributed by atoms with Crippen molar-refractivity contribution in [2.75, 3.05) is 16.8 Å². The first-order valence-electron chi connectivity index (χ1n) is 10.8. The largest absolute Gasteiger partial charge is 0.508 e. The number of hydrogen-bond acceptors (Lipinski definition) is 4. The first kappa shape index (κ1) is 21.7. The molecule has 1 aliphatic heterocycles. The van der Waals surface area contributed by atoms with Crippen LogP contribution in [0.3, 0.4) is 0 Å². The van der Waals surface area contributed by atoms with Crippen LogP contribution in [0.2, 0.25) is 0 Å².